The summed E-state index contributed by atoms with van der Waals surface area (Å²) in [7, 11) is 3.97. The van der Waals surface area contributed by atoms with E-state index in [1.165, 1.54) is 12.3 Å². The van der Waals surface area contributed by atoms with Gasteiger partial charge in [-0.25, -0.2) is 4.39 Å². The van der Waals surface area contributed by atoms with Crippen LogP contribution in [0, 0.1) is 5.82 Å². The maximum atomic E-state index is 12.9. The van der Waals surface area contributed by atoms with E-state index in [1.54, 1.807) is 6.20 Å². The van der Waals surface area contributed by atoms with Crippen molar-refractivity contribution < 1.29 is 4.39 Å². The van der Waals surface area contributed by atoms with Gasteiger partial charge in [-0.1, -0.05) is 0 Å². The van der Waals surface area contributed by atoms with Crippen molar-refractivity contribution in [2.24, 2.45) is 5.84 Å². The number of hydrogen-bond donors (Lipinski definition) is 2. The van der Waals surface area contributed by atoms with E-state index in [0.29, 0.717) is 0 Å². The van der Waals surface area contributed by atoms with Crippen LogP contribution in [-0.4, -0.2) is 30.5 Å². The largest absolute Gasteiger partial charge is 0.309 e. The molecule has 0 fully saturated rings. The van der Waals surface area contributed by atoms with E-state index in [0.717, 1.165) is 18.5 Å². The first-order valence-electron chi connectivity index (χ1n) is 4.85. The number of hydrogen-bond acceptors (Lipinski definition) is 4. The summed E-state index contributed by atoms with van der Waals surface area (Å²) in [5.74, 6) is 5.09. The minimum absolute atomic E-state index is 0.0596. The number of halogens is 1. The summed E-state index contributed by atoms with van der Waals surface area (Å²) in [4.78, 5) is 5.85. The van der Waals surface area contributed by atoms with Crippen LogP contribution in [0.3, 0.4) is 0 Å². The summed E-state index contributed by atoms with van der Waals surface area (Å²) in [6.07, 6.45) is 3.63. The molecule has 4 nitrogen and oxygen atoms in total. The van der Waals surface area contributed by atoms with Crippen LogP contribution in [0.4, 0.5) is 4.39 Å². The van der Waals surface area contributed by atoms with Gasteiger partial charge in [0.15, 0.2) is 0 Å². The zero-order valence-corrected chi connectivity index (χ0v) is 9.07. The van der Waals surface area contributed by atoms with Gasteiger partial charge >= 0.3 is 0 Å². The van der Waals surface area contributed by atoms with Gasteiger partial charge < -0.3 is 4.90 Å². The van der Waals surface area contributed by atoms with Crippen molar-refractivity contribution >= 4 is 0 Å². The van der Waals surface area contributed by atoms with Crippen LogP contribution < -0.4 is 11.3 Å². The Morgan fingerprint density at radius 1 is 1.53 bits per heavy atom. The van der Waals surface area contributed by atoms with E-state index in [9.17, 15) is 4.39 Å². The van der Waals surface area contributed by atoms with Crippen LogP contribution in [-0.2, 0) is 0 Å². The highest BCUT2D eigenvalue weighted by Gasteiger charge is 2.10. The Labute approximate surface area is 89.3 Å². The number of pyridine rings is 1. The molecule has 1 heterocycles. The van der Waals surface area contributed by atoms with Gasteiger partial charge in [0.1, 0.15) is 5.82 Å². The first-order chi connectivity index (χ1) is 7.13. The van der Waals surface area contributed by atoms with Gasteiger partial charge in [0.25, 0.3) is 0 Å². The van der Waals surface area contributed by atoms with E-state index < -0.39 is 0 Å². The topological polar surface area (TPSA) is 54.2 Å². The molecular weight excluding hydrogens is 195 g/mol. The van der Waals surface area contributed by atoms with E-state index in [2.05, 4.69) is 15.3 Å². The molecule has 1 unspecified atom stereocenters. The summed E-state index contributed by atoms with van der Waals surface area (Å²) < 4.78 is 12.9. The molecule has 5 heteroatoms. The van der Waals surface area contributed by atoms with Gasteiger partial charge in [-0.15, -0.1) is 0 Å². The van der Waals surface area contributed by atoms with Crippen LogP contribution in [0.1, 0.15) is 18.0 Å². The molecule has 0 aliphatic rings. The molecule has 0 radical (unpaired) electrons. The minimum atomic E-state index is -0.336. The summed E-state index contributed by atoms with van der Waals surface area (Å²) in [5.41, 5.74) is 3.44. The summed E-state index contributed by atoms with van der Waals surface area (Å²) in [5, 5.41) is 0. The Kier molecular flexibility index (Phi) is 4.61. The van der Waals surface area contributed by atoms with E-state index in [-0.39, 0.29) is 11.9 Å². The molecule has 0 saturated heterocycles. The van der Waals surface area contributed by atoms with Crippen LogP contribution in [0.15, 0.2) is 18.5 Å². The van der Waals surface area contributed by atoms with Crippen LogP contribution in [0.2, 0.25) is 0 Å². The number of nitrogens with one attached hydrogen (secondary N) is 1. The maximum Gasteiger partial charge on any atom is 0.141 e. The highest BCUT2D eigenvalue weighted by molar-refractivity contribution is 5.14. The predicted molar refractivity (Wildman–Crippen MR) is 57.4 cm³/mol. The minimum Gasteiger partial charge on any atom is -0.309 e. The van der Waals surface area contributed by atoms with Crippen LogP contribution in [0.25, 0.3) is 0 Å². The van der Waals surface area contributed by atoms with Crippen molar-refractivity contribution in [2.45, 2.75) is 12.5 Å². The predicted octanol–water partition coefficient (Wildman–Crippen LogP) is 0.677. The highest BCUT2D eigenvalue weighted by atomic mass is 19.1. The normalized spacial score (nSPS) is 13.1. The van der Waals surface area contributed by atoms with Gasteiger partial charge in [0.05, 0.1) is 6.20 Å². The number of nitrogens with two attached hydrogens (primary N) is 1. The van der Waals surface area contributed by atoms with Crippen molar-refractivity contribution in [1.82, 2.24) is 15.3 Å². The van der Waals surface area contributed by atoms with E-state index in [1.807, 2.05) is 14.1 Å². The lowest BCUT2D eigenvalue weighted by Crippen LogP contribution is -2.30. The van der Waals surface area contributed by atoms with Crippen molar-refractivity contribution in [3.05, 3.63) is 29.8 Å². The lowest BCUT2D eigenvalue weighted by atomic mass is 10.1. The second-order valence-corrected chi connectivity index (χ2v) is 3.75. The molecule has 0 aliphatic heterocycles. The lowest BCUT2D eigenvalue weighted by molar-refractivity contribution is 0.362. The average Bonchev–Trinajstić information content (AvgIpc) is 2.18. The Bertz CT molecular complexity index is 303. The summed E-state index contributed by atoms with van der Waals surface area (Å²) >= 11 is 0. The molecule has 0 spiro atoms. The van der Waals surface area contributed by atoms with Crippen molar-refractivity contribution in [2.75, 3.05) is 20.6 Å². The van der Waals surface area contributed by atoms with Gasteiger partial charge in [-0.2, -0.15) is 0 Å². The molecule has 0 saturated carbocycles. The monoisotopic (exact) mass is 212 g/mol. The second kappa shape index (κ2) is 5.75. The van der Waals surface area contributed by atoms with Gasteiger partial charge in [-0.3, -0.25) is 16.3 Å². The van der Waals surface area contributed by atoms with Crippen LogP contribution in [0.5, 0.6) is 0 Å². The zero-order valence-electron chi connectivity index (χ0n) is 9.07. The van der Waals surface area contributed by atoms with Gasteiger partial charge in [0, 0.05) is 12.2 Å². The number of rotatable bonds is 5. The van der Waals surface area contributed by atoms with Gasteiger partial charge in [0.2, 0.25) is 0 Å². The quantitative estimate of drug-likeness (QED) is 0.556. The number of aromatic nitrogens is 1. The fourth-order valence-corrected chi connectivity index (χ4v) is 1.35. The first-order valence-corrected chi connectivity index (χ1v) is 4.85. The van der Waals surface area contributed by atoms with Crippen molar-refractivity contribution in [1.29, 1.82) is 0 Å². The molecule has 84 valence electrons. The third kappa shape index (κ3) is 3.91. The molecule has 0 bridgehead atoms. The Morgan fingerprint density at radius 3 is 2.80 bits per heavy atom. The molecule has 1 rings (SSSR count). The molecule has 3 N–H and O–H groups in total. The SMILES string of the molecule is CN(C)CCC(NN)c1cncc(F)c1. The van der Waals surface area contributed by atoms with Crippen LogP contribution >= 0.6 is 0 Å². The number of nitrogens with zero attached hydrogens (tertiary/aromatic N) is 2. The molecule has 1 aromatic heterocycles. The van der Waals surface area contributed by atoms with E-state index >= 15 is 0 Å². The Hall–Kier alpha value is -1.04. The molecule has 15 heavy (non-hydrogen) atoms. The molecule has 0 amide bonds. The highest BCUT2D eigenvalue weighted by Crippen LogP contribution is 2.15. The maximum absolute atomic E-state index is 12.9. The summed E-state index contributed by atoms with van der Waals surface area (Å²) in [6, 6.07) is 1.39. The molecule has 0 aliphatic carbocycles. The fourth-order valence-electron chi connectivity index (χ4n) is 1.35. The van der Waals surface area contributed by atoms with E-state index in [4.69, 9.17) is 5.84 Å². The first kappa shape index (κ1) is 12.0. The Morgan fingerprint density at radius 2 is 2.27 bits per heavy atom. The second-order valence-electron chi connectivity index (χ2n) is 3.75. The molecule has 1 atom stereocenters. The molecular formula is C10H17FN4. The third-order valence-corrected chi connectivity index (χ3v) is 2.19. The number of hydrazine groups is 1. The van der Waals surface area contributed by atoms with Gasteiger partial charge in [-0.05, 0) is 38.7 Å². The zero-order chi connectivity index (χ0) is 11.3. The van der Waals surface area contributed by atoms with Crippen molar-refractivity contribution in [3.63, 3.8) is 0 Å². The average molecular weight is 212 g/mol. The van der Waals surface area contributed by atoms with Crippen molar-refractivity contribution in [3.8, 4) is 0 Å². The molecule has 1 aromatic rings. The Balaban J connectivity index is 2.65. The smallest absolute Gasteiger partial charge is 0.141 e. The fraction of sp³-hybridized carbons (Fsp3) is 0.500. The summed E-state index contributed by atoms with van der Waals surface area (Å²) in [6.45, 7) is 0.880. The molecule has 0 aromatic carbocycles. The lowest BCUT2D eigenvalue weighted by Gasteiger charge is -2.18. The third-order valence-electron chi connectivity index (χ3n) is 2.19. The standard InChI is InChI=1S/C10H17FN4/c1-15(2)4-3-10(14-12)8-5-9(11)7-13-6-8/h5-7,10,14H,3-4,12H2,1-2H3.